The molecule has 9 nitrogen and oxygen atoms in total. The lowest BCUT2D eigenvalue weighted by Gasteiger charge is -2.26. The molecular formula is C15H25N5O4. The van der Waals surface area contributed by atoms with Gasteiger partial charge in [-0.05, 0) is 6.92 Å². The number of carbonyl (C=O) groups is 2. The quantitative estimate of drug-likeness (QED) is 0.285. The van der Waals surface area contributed by atoms with E-state index in [0.717, 1.165) is 19.6 Å². The highest BCUT2D eigenvalue weighted by atomic mass is 16.5. The van der Waals surface area contributed by atoms with E-state index in [4.69, 9.17) is 14.7 Å². The van der Waals surface area contributed by atoms with Crippen LogP contribution in [-0.4, -0.2) is 76.0 Å². The van der Waals surface area contributed by atoms with Crippen LogP contribution in [0.15, 0.2) is 11.8 Å². The number of rotatable bonds is 9. The van der Waals surface area contributed by atoms with Gasteiger partial charge in [0.15, 0.2) is 0 Å². The number of amides is 2. The summed E-state index contributed by atoms with van der Waals surface area (Å²) in [6.45, 7) is 7.06. The zero-order valence-electron chi connectivity index (χ0n) is 14.0. The van der Waals surface area contributed by atoms with Gasteiger partial charge in [0.2, 0.25) is 0 Å². The highest BCUT2D eigenvalue weighted by Crippen LogP contribution is 1.95. The summed E-state index contributed by atoms with van der Waals surface area (Å²) in [5, 5.41) is 17.1. The average Bonchev–Trinajstić information content (AvgIpc) is 2.59. The van der Waals surface area contributed by atoms with Crippen molar-refractivity contribution < 1.29 is 19.1 Å². The van der Waals surface area contributed by atoms with Gasteiger partial charge in [-0.15, -0.1) is 0 Å². The summed E-state index contributed by atoms with van der Waals surface area (Å²) in [5.41, 5.74) is -0.00638. The van der Waals surface area contributed by atoms with Crippen molar-refractivity contribution in [1.29, 1.82) is 5.26 Å². The minimum atomic E-state index is -0.496. The van der Waals surface area contributed by atoms with Crippen molar-refractivity contribution in [3.05, 3.63) is 11.8 Å². The molecule has 0 atom stereocenters. The molecule has 24 heavy (non-hydrogen) atoms. The van der Waals surface area contributed by atoms with E-state index in [2.05, 4.69) is 20.9 Å². The number of morpholine rings is 1. The zero-order valence-corrected chi connectivity index (χ0v) is 14.0. The Morgan fingerprint density at radius 2 is 2.00 bits per heavy atom. The summed E-state index contributed by atoms with van der Waals surface area (Å²) >= 11 is 0. The van der Waals surface area contributed by atoms with Crippen LogP contribution >= 0.6 is 0 Å². The first kappa shape index (κ1) is 19.7. The summed E-state index contributed by atoms with van der Waals surface area (Å²) in [6.07, 6.45) is 0.848. The molecule has 9 heteroatoms. The van der Waals surface area contributed by atoms with E-state index in [1.54, 1.807) is 6.92 Å². The van der Waals surface area contributed by atoms with Gasteiger partial charge < -0.3 is 25.4 Å². The predicted octanol–water partition coefficient (Wildman–Crippen LogP) is -0.822. The van der Waals surface area contributed by atoms with E-state index in [1.807, 2.05) is 6.07 Å². The highest BCUT2D eigenvalue weighted by Gasteiger charge is 2.12. The first-order valence-electron chi connectivity index (χ1n) is 8.00. The summed E-state index contributed by atoms with van der Waals surface area (Å²) in [7, 11) is 0. The number of alkyl carbamates (subject to hydrolysis) is 1. The van der Waals surface area contributed by atoms with E-state index in [-0.39, 0.29) is 5.57 Å². The molecule has 3 N–H and O–H groups in total. The Balaban J connectivity index is 2.19. The average molecular weight is 339 g/mol. The molecule has 1 aliphatic rings. The molecule has 1 rings (SSSR count). The molecule has 0 aliphatic carbocycles. The van der Waals surface area contributed by atoms with Gasteiger partial charge in [-0.2, -0.15) is 5.26 Å². The summed E-state index contributed by atoms with van der Waals surface area (Å²) in [4.78, 5) is 25.1. The largest absolute Gasteiger partial charge is 0.450 e. The Morgan fingerprint density at radius 3 is 2.67 bits per heavy atom. The SMILES string of the molecule is CCOC(=O)NCCN/C=C(/C#N)C(=O)NCCN1CCOCC1. The van der Waals surface area contributed by atoms with Gasteiger partial charge >= 0.3 is 6.09 Å². The van der Waals surface area contributed by atoms with Crippen molar-refractivity contribution in [3.63, 3.8) is 0 Å². The van der Waals surface area contributed by atoms with Gasteiger partial charge in [0.1, 0.15) is 11.6 Å². The summed E-state index contributed by atoms with van der Waals surface area (Å²) in [6, 6.07) is 1.85. The van der Waals surface area contributed by atoms with E-state index >= 15 is 0 Å². The molecule has 0 saturated carbocycles. The lowest BCUT2D eigenvalue weighted by Crippen LogP contribution is -2.41. The van der Waals surface area contributed by atoms with Gasteiger partial charge in [0.25, 0.3) is 5.91 Å². The number of nitrogens with one attached hydrogen (secondary N) is 3. The van der Waals surface area contributed by atoms with Crippen molar-refractivity contribution in [2.45, 2.75) is 6.92 Å². The fraction of sp³-hybridized carbons (Fsp3) is 0.667. The Labute approximate surface area is 142 Å². The molecule has 0 aromatic rings. The molecule has 0 unspecified atom stereocenters. The molecule has 1 saturated heterocycles. The fourth-order valence-electron chi connectivity index (χ4n) is 1.99. The van der Waals surface area contributed by atoms with Crippen LogP contribution in [0.4, 0.5) is 4.79 Å². The minimum absolute atomic E-state index is 0.00638. The predicted molar refractivity (Wildman–Crippen MR) is 87.0 cm³/mol. The van der Waals surface area contributed by atoms with Crippen molar-refractivity contribution >= 4 is 12.0 Å². The van der Waals surface area contributed by atoms with Gasteiger partial charge in [-0.25, -0.2) is 4.79 Å². The van der Waals surface area contributed by atoms with Crippen LogP contribution < -0.4 is 16.0 Å². The molecule has 0 bridgehead atoms. The second-order valence-electron chi connectivity index (χ2n) is 4.98. The molecule has 134 valence electrons. The number of nitrogens with zero attached hydrogens (tertiary/aromatic N) is 2. The number of hydrogen-bond donors (Lipinski definition) is 3. The van der Waals surface area contributed by atoms with Crippen molar-refractivity contribution in [2.75, 3.05) is 59.1 Å². The Hall–Kier alpha value is -2.31. The molecule has 1 heterocycles. The van der Waals surface area contributed by atoms with Gasteiger partial charge in [0, 0.05) is 45.5 Å². The Morgan fingerprint density at radius 1 is 1.25 bits per heavy atom. The monoisotopic (exact) mass is 339 g/mol. The fourth-order valence-corrected chi connectivity index (χ4v) is 1.99. The van der Waals surface area contributed by atoms with Crippen LogP contribution in [0, 0.1) is 11.3 Å². The summed E-state index contributed by atoms with van der Waals surface area (Å²) in [5.74, 6) is -0.420. The van der Waals surface area contributed by atoms with Gasteiger partial charge in [-0.3, -0.25) is 9.69 Å². The normalized spacial score (nSPS) is 15.2. The van der Waals surface area contributed by atoms with E-state index in [1.165, 1.54) is 6.20 Å². The Bertz CT molecular complexity index is 469. The van der Waals surface area contributed by atoms with Crippen LogP contribution in [-0.2, 0) is 14.3 Å². The number of nitriles is 1. The van der Waals surface area contributed by atoms with Gasteiger partial charge in [-0.1, -0.05) is 0 Å². The maximum Gasteiger partial charge on any atom is 0.407 e. The second-order valence-corrected chi connectivity index (χ2v) is 4.98. The van der Waals surface area contributed by atoms with Gasteiger partial charge in [0.05, 0.1) is 19.8 Å². The smallest absolute Gasteiger partial charge is 0.407 e. The van der Waals surface area contributed by atoms with Crippen molar-refractivity contribution in [3.8, 4) is 6.07 Å². The molecule has 0 aromatic carbocycles. The van der Waals surface area contributed by atoms with Crippen LogP contribution in [0.3, 0.4) is 0 Å². The minimum Gasteiger partial charge on any atom is -0.450 e. The standard InChI is InChI=1S/C15H25N5O4/c1-2-24-15(22)19-4-3-17-12-13(11-16)14(21)18-5-6-20-7-9-23-10-8-20/h12,17H,2-10H2,1H3,(H,18,21)(H,19,22)/b13-12-. The lowest BCUT2D eigenvalue weighted by molar-refractivity contribution is -0.117. The van der Waals surface area contributed by atoms with Crippen LogP contribution in [0.25, 0.3) is 0 Å². The van der Waals surface area contributed by atoms with Crippen molar-refractivity contribution in [1.82, 2.24) is 20.9 Å². The topological polar surface area (TPSA) is 116 Å². The molecule has 0 spiro atoms. The second kappa shape index (κ2) is 12.2. The molecule has 1 aliphatic heterocycles. The third kappa shape index (κ3) is 8.36. The Kier molecular flexibility index (Phi) is 9.99. The lowest BCUT2D eigenvalue weighted by atomic mass is 10.3. The van der Waals surface area contributed by atoms with Crippen LogP contribution in [0.5, 0.6) is 0 Å². The maximum atomic E-state index is 11.9. The number of carbonyl (C=O) groups excluding carboxylic acids is 2. The first-order chi connectivity index (χ1) is 11.7. The highest BCUT2D eigenvalue weighted by molar-refractivity contribution is 5.97. The third-order valence-corrected chi connectivity index (χ3v) is 3.24. The van der Waals surface area contributed by atoms with Crippen LogP contribution in [0.2, 0.25) is 0 Å². The van der Waals surface area contributed by atoms with E-state index < -0.39 is 12.0 Å². The maximum absolute atomic E-state index is 11.9. The van der Waals surface area contributed by atoms with E-state index in [9.17, 15) is 9.59 Å². The number of ether oxygens (including phenoxy) is 2. The first-order valence-corrected chi connectivity index (χ1v) is 8.00. The van der Waals surface area contributed by atoms with Crippen molar-refractivity contribution in [2.24, 2.45) is 0 Å². The molecule has 0 aromatic heterocycles. The number of hydrogen-bond acceptors (Lipinski definition) is 7. The molecular weight excluding hydrogens is 314 g/mol. The summed E-state index contributed by atoms with van der Waals surface area (Å²) < 4.78 is 9.95. The molecule has 0 radical (unpaired) electrons. The molecule has 2 amide bonds. The zero-order chi connectivity index (χ0) is 17.6. The van der Waals surface area contributed by atoms with E-state index in [0.29, 0.717) is 39.5 Å². The third-order valence-electron chi connectivity index (χ3n) is 3.24. The van der Waals surface area contributed by atoms with Crippen LogP contribution in [0.1, 0.15) is 6.92 Å². The molecule has 1 fully saturated rings.